The van der Waals surface area contributed by atoms with Crippen LogP contribution in [0, 0.1) is 17.0 Å². The molecule has 0 radical (unpaired) electrons. The number of nitro groups is 1. The van der Waals surface area contributed by atoms with Gasteiger partial charge in [0, 0.05) is 23.6 Å². The Labute approximate surface area is 207 Å². The molecule has 1 unspecified atom stereocenters. The van der Waals surface area contributed by atoms with Crippen LogP contribution in [-0.2, 0) is 26.4 Å². The SMILES string of the molecule is CON=C(C)c1ccc(OCc2c(C)cccc2C2(C(=O)O)C=CC(C)=C(C(=O)O)C2)c([N+](=O)[O-])c1. The normalized spacial score (nSPS) is 17.6. The molecule has 0 bridgehead atoms. The fourth-order valence-electron chi connectivity index (χ4n) is 4.19. The van der Waals surface area contributed by atoms with Crippen molar-refractivity contribution in [1.82, 2.24) is 0 Å². The lowest BCUT2D eigenvalue weighted by atomic mass is 9.69. The number of nitrogens with zero attached hydrogens (tertiary/aromatic N) is 2. The number of rotatable bonds is 9. The molecule has 2 aromatic carbocycles. The van der Waals surface area contributed by atoms with Crippen molar-refractivity contribution >= 4 is 23.3 Å². The van der Waals surface area contributed by atoms with E-state index in [-0.39, 0.29) is 30.0 Å². The first kappa shape index (κ1) is 26.1. The Bertz CT molecular complexity index is 1330. The number of aryl methyl sites for hydroxylation is 1. The van der Waals surface area contributed by atoms with Crippen LogP contribution in [0.3, 0.4) is 0 Å². The highest BCUT2D eigenvalue weighted by molar-refractivity contribution is 5.99. The van der Waals surface area contributed by atoms with Gasteiger partial charge in [-0.25, -0.2) is 4.79 Å². The molecule has 0 saturated carbocycles. The Morgan fingerprint density at radius 2 is 1.92 bits per heavy atom. The molecular formula is C26H26N2O8. The highest BCUT2D eigenvalue weighted by Gasteiger charge is 2.44. The van der Waals surface area contributed by atoms with E-state index in [1.807, 2.05) is 0 Å². The van der Waals surface area contributed by atoms with E-state index < -0.39 is 22.3 Å². The van der Waals surface area contributed by atoms with Crippen LogP contribution in [0.25, 0.3) is 0 Å². The zero-order chi connectivity index (χ0) is 26.6. The minimum absolute atomic E-state index is 0.00584. The van der Waals surface area contributed by atoms with Crippen molar-refractivity contribution in [3.8, 4) is 5.75 Å². The fourth-order valence-corrected chi connectivity index (χ4v) is 4.19. The first-order valence-corrected chi connectivity index (χ1v) is 11.0. The van der Waals surface area contributed by atoms with Crippen molar-refractivity contribution in [3.05, 3.63) is 92.1 Å². The minimum atomic E-state index is -1.64. The number of hydrogen-bond acceptors (Lipinski definition) is 7. The third-order valence-corrected chi connectivity index (χ3v) is 6.25. The van der Waals surface area contributed by atoms with Crippen LogP contribution in [0.1, 0.15) is 42.5 Å². The van der Waals surface area contributed by atoms with E-state index in [0.29, 0.717) is 33.5 Å². The number of hydrogen-bond donors (Lipinski definition) is 2. The van der Waals surface area contributed by atoms with Crippen LogP contribution in [0.4, 0.5) is 5.69 Å². The molecule has 0 aliphatic heterocycles. The van der Waals surface area contributed by atoms with Gasteiger partial charge in [-0.15, -0.1) is 0 Å². The predicted molar refractivity (Wildman–Crippen MR) is 131 cm³/mol. The lowest BCUT2D eigenvalue weighted by Crippen LogP contribution is -2.38. The summed E-state index contributed by atoms with van der Waals surface area (Å²) in [6.45, 7) is 4.87. The van der Waals surface area contributed by atoms with E-state index >= 15 is 0 Å². The summed E-state index contributed by atoms with van der Waals surface area (Å²) < 4.78 is 5.85. The van der Waals surface area contributed by atoms with Gasteiger partial charge >= 0.3 is 17.6 Å². The third-order valence-electron chi connectivity index (χ3n) is 6.25. The Hall–Kier alpha value is -4.47. The molecule has 0 heterocycles. The van der Waals surface area contributed by atoms with Crippen LogP contribution >= 0.6 is 0 Å². The van der Waals surface area contributed by atoms with Gasteiger partial charge in [-0.3, -0.25) is 14.9 Å². The van der Waals surface area contributed by atoms with E-state index in [4.69, 9.17) is 9.57 Å². The maximum absolute atomic E-state index is 12.6. The van der Waals surface area contributed by atoms with Crippen LogP contribution in [0.5, 0.6) is 5.75 Å². The maximum atomic E-state index is 12.6. The summed E-state index contributed by atoms with van der Waals surface area (Å²) in [7, 11) is 1.37. The molecule has 0 saturated heterocycles. The van der Waals surface area contributed by atoms with E-state index in [2.05, 4.69) is 5.16 Å². The number of oxime groups is 1. The van der Waals surface area contributed by atoms with Crippen molar-refractivity contribution in [2.45, 2.75) is 39.2 Å². The molecule has 10 nitrogen and oxygen atoms in total. The summed E-state index contributed by atoms with van der Waals surface area (Å²) in [5.41, 5.74) is 1.05. The number of ether oxygens (including phenoxy) is 1. The molecule has 2 N–H and O–H groups in total. The average Bonchev–Trinajstić information content (AvgIpc) is 2.83. The molecular weight excluding hydrogens is 468 g/mol. The number of nitro benzene ring substituents is 1. The first-order chi connectivity index (χ1) is 17.0. The summed E-state index contributed by atoms with van der Waals surface area (Å²) in [5.74, 6) is -2.40. The summed E-state index contributed by atoms with van der Waals surface area (Å²) in [4.78, 5) is 40.2. The summed E-state index contributed by atoms with van der Waals surface area (Å²) in [5, 5.41) is 35.4. The van der Waals surface area contributed by atoms with Crippen molar-refractivity contribution in [2.24, 2.45) is 5.16 Å². The molecule has 10 heteroatoms. The first-order valence-electron chi connectivity index (χ1n) is 11.0. The lowest BCUT2D eigenvalue weighted by Gasteiger charge is -2.32. The molecule has 2 aromatic rings. The topological polar surface area (TPSA) is 149 Å². The largest absolute Gasteiger partial charge is 0.482 e. The van der Waals surface area contributed by atoms with Gasteiger partial charge in [0.25, 0.3) is 0 Å². The lowest BCUT2D eigenvalue weighted by molar-refractivity contribution is -0.386. The Balaban J connectivity index is 2.04. The number of aliphatic carboxylic acids is 2. The zero-order valence-corrected chi connectivity index (χ0v) is 20.3. The third kappa shape index (κ3) is 4.97. The van der Waals surface area contributed by atoms with Gasteiger partial charge in [0.15, 0.2) is 5.75 Å². The molecule has 1 aliphatic rings. The van der Waals surface area contributed by atoms with Crippen LogP contribution < -0.4 is 4.74 Å². The van der Waals surface area contributed by atoms with Gasteiger partial charge in [-0.05, 0) is 55.2 Å². The van der Waals surface area contributed by atoms with E-state index in [9.17, 15) is 29.9 Å². The molecule has 36 heavy (non-hydrogen) atoms. The van der Waals surface area contributed by atoms with Gasteiger partial charge in [0.1, 0.15) is 19.1 Å². The molecule has 0 fully saturated rings. The Morgan fingerprint density at radius 3 is 2.53 bits per heavy atom. The standard InChI is InChI=1S/C26H26N2O8/c1-15-6-5-7-21(26(25(31)32)11-10-16(2)19(13-26)24(29)30)20(15)14-36-23-9-8-18(17(3)27-35-4)12-22(23)28(33)34/h5-12H,13-14H2,1-4H3,(H,29,30)(H,31,32). The molecule has 3 rings (SSSR count). The molecule has 188 valence electrons. The zero-order valence-electron chi connectivity index (χ0n) is 20.3. The van der Waals surface area contributed by atoms with Crippen molar-refractivity contribution in [1.29, 1.82) is 0 Å². The van der Waals surface area contributed by atoms with Gasteiger partial charge in [-0.1, -0.05) is 35.5 Å². The number of carboxylic acids is 2. The van der Waals surface area contributed by atoms with Gasteiger partial charge in [0.05, 0.1) is 10.6 Å². The summed E-state index contributed by atoms with van der Waals surface area (Å²) >= 11 is 0. The van der Waals surface area contributed by atoms with E-state index in [1.54, 1.807) is 45.0 Å². The number of carbonyl (C=O) groups is 2. The smallest absolute Gasteiger partial charge is 0.331 e. The average molecular weight is 495 g/mol. The Kier molecular flexibility index (Phi) is 7.57. The molecule has 1 aliphatic carbocycles. The van der Waals surface area contributed by atoms with Crippen molar-refractivity contribution < 1.29 is 34.3 Å². The molecule has 0 amide bonds. The molecule has 1 atom stereocenters. The summed E-state index contributed by atoms with van der Waals surface area (Å²) in [6.07, 6.45) is 2.75. The van der Waals surface area contributed by atoms with Gasteiger partial charge < -0.3 is 19.8 Å². The second-order valence-electron chi connectivity index (χ2n) is 8.44. The second kappa shape index (κ2) is 10.4. The monoisotopic (exact) mass is 494 g/mol. The minimum Gasteiger partial charge on any atom is -0.482 e. The van der Waals surface area contributed by atoms with Crippen LogP contribution in [-0.4, -0.2) is 39.9 Å². The van der Waals surface area contributed by atoms with Crippen molar-refractivity contribution in [3.63, 3.8) is 0 Å². The molecule has 0 spiro atoms. The maximum Gasteiger partial charge on any atom is 0.331 e. The highest BCUT2D eigenvalue weighted by atomic mass is 16.6. The van der Waals surface area contributed by atoms with E-state index in [0.717, 1.165) is 0 Å². The number of allylic oxidation sites excluding steroid dienone is 2. The van der Waals surface area contributed by atoms with Crippen molar-refractivity contribution in [2.75, 3.05) is 7.11 Å². The highest BCUT2D eigenvalue weighted by Crippen LogP contribution is 2.41. The fraction of sp³-hybridized carbons (Fsp3) is 0.269. The summed E-state index contributed by atoms with van der Waals surface area (Å²) in [6, 6.07) is 9.45. The Morgan fingerprint density at radius 1 is 1.19 bits per heavy atom. The predicted octanol–water partition coefficient (Wildman–Crippen LogP) is 4.54. The van der Waals surface area contributed by atoms with E-state index in [1.165, 1.54) is 31.4 Å². The van der Waals surface area contributed by atoms with Gasteiger partial charge in [0.2, 0.25) is 0 Å². The van der Waals surface area contributed by atoms with Crippen LogP contribution in [0.15, 0.2) is 64.9 Å². The quantitative estimate of drug-likeness (QED) is 0.293. The number of carboxylic acid groups (broad SMARTS) is 2. The molecule has 0 aromatic heterocycles. The van der Waals surface area contributed by atoms with Gasteiger partial charge in [-0.2, -0.15) is 0 Å². The van der Waals surface area contributed by atoms with Crippen LogP contribution in [0.2, 0.25) is 0 Å². The second-order valence-corrected chi connectivity index (χ2v) is 8.44. The number of benzene rings is 2.